The highest BCUT2D eigenvalue weighted by atomic mass is 35.5. The molecule has 6 heteroatoms. The summed E-state index contributed by atoms with van der Waals surface area (Å²) < 4.78 is 26.3. The van der Waals surface area contributed by atoms with Crippen LogP contribution in [0, 0.1) is 0 Å². The minimum Gasteiger partial charge on any atom is -0.208 e. The van der Waals surface area contributed by atoms with Crippen molar-refractivity contribution < 1.29 is 8.42 Å². The molecule has 0 bridgehead atoms. The standard InChI is InChI=1S/C10H11Cl2NO2S/c11-6-7-1-4-9(5-10(7)12)16(14,15)13-8-2-3-8/h1,4-5,8,13H,2-3,6H2. The molecule has 88 valence electrons. The SMILES string of the molecule is O=S(=O)(NC1CC1)c1ccc(CCl)c(Cl)c1. The minimum atomic E-state index is -3.42. The summed E-state index contributed by atoms with van der Waals surface area (Å²) in [4.78, 5) is 0.193. The lowest BCUT2D eigenvalue weighted by Gasteiger charge is -2.07. The van der Waals surface area contributed by atoms with E-state index in [-0.39, 0.29) is 16.8 Å². The maximum absolute atomic E-state index is 11.8. The first kappa shape index (κ1) is 12.2. The van der Waals surface area contributed by atoms with Crippen molar-refractivity contribution in [1.29, 1.82) is 0 Å². The zero-order valence-corrected chi connectivity index (χ0v) is 10.7. The summed E-state index contributed by atoms with van der Waals surface area (Å²) in [6, 6.07) is 4.69. The van der Waals surface area contributed by atoms with Crippen molar-refractivity contribution in [2.75, 3.05) is 0 Å². The minimum absolute atomic E-state index is 0.0940. The van der Waals surface area contributed by atoms with Gasteiger partial charge in [0.15, 0.2) is 0 Å². The first-order valence-corrected chi connectivity index (χ1v) is 7.29. The third-order valence-electron chi connectivity index (χ3n) is 2.38. The van der Waals surface area contributed by atoms with Gasteiger partial charge >= 0.3 is 0 Å². The van der Waals surface area contributed by atoms with Gasteiger partial charge in [0.1, 0.15) is 0 Å². The Bertz CT molecular complexity index is 498. The van der Waals surface area contributed by atoms with E-state index in [0.717, 1.165) is 18.4 Å². The van der Waals surface area contributed by atoms with E-state index in [9.17, 15) is 8.42 Å². The highest BCUT2D eigenvalue weighted by Gasteiger charge is 2.28. The monoisotopic (exact) mass is 279 g/mol. The Balaban J connectivity index is 2.29. The van der Waals surface area contributed by atoms with Crippen molar-refractivity contribution in [2.45, 2.75) is 29.7 Å². The lowest BCUT2D eigenvalue weighted by atomic mass is 10.2. The summed E-state index contributed by atoms with van der Waals surface area (Å²) in [5.41, 5.74) is 0.730. The van der Waals surface area contributed by atoms with Crippen LogP contribution < -0.4 is 4.72 Å². The zero-order chi connectivity index (χ0) is 11.8. The number of hydrogen-bond donors (Lipinski definition) is 1. The Labute approximate surface area is 105 Å². The molecule has 2 rings (SSSR count). The number of hydrogen-bond acceptors (Lipinski definition) is 2. The molecule has 0 amide bonds. The van der Waals surface area contributed by atoms with E-state index >= 15 is 0 Å². The Morgan fingerprint density at radius 3 is 2.56 bits per heavy atom. The Morgan fingerprint density at radius 1 is 1.38 bits per heavy atom. The van der Waals surface area contributed by atoms with Crippen LogP contribution in [0.3, 0.4) is 0 Å². The Morgan fingerprint density at radius 2 is 2.06 bits per heavy atom. The fraction of sp³-hybridized carbons (Fsp3) is 0.400. The maximum atomic E-state index is 11.8. The predicted octanol–water partition coefficient (Wildman–Crippen LogP) is 2.52. The average Bonchev–Trinajstić information content (AvgIpc) is 3.01. The molecule has 3 nitrogen and oxygen atoms in total. The largest absolute Gasteiger partial charge is 0.240 e. The van der Waals surface area contributed by atoms with Crippen LogP contribution >= 0.6 is 23.2 Å². The van der Waals surface area contributed by atoms with Crippen LogP contribution in [0.2, 0.25) is 5.02 Å². The van der Waals surface area contributed by atoms with Gasteiger partial charge in [0.2, 0.25) is 10.0 Å². The summed E-state index contributed by atoms with van der Waals surface area (Å²) in [5, 5.41) is 0.383. The molecule has 16 heavy (non-hydrogen) atoms. The molecule has 1 aliphatic carbocycles. The topological polar surface area (TPSA) is 46.2 Å². The fourth-order valence-electron chi connectivity index (χ4n) is 1.29. The second-order valence-electron chi connectivity index (χ2n) is 3.78. The van der Waals surface area contributed by atoms with Gasteiger partial charge in [0.05, 0.1) is 4.90 Å². The summed E-state index contributed by atoms with van der Waals surface area (Å²) in [5.74, 6) is 0.273. The lowest BCUT2D eigenvalue weighted by Crippen LogP contribution is -2.25. The Kier molecular flexibility index (Phi) is 3.45. The molecule has 1 N–H and O–H groups in total. The van der Waals surface area contributed by atoms with Gasteiger partial charge in [-0.15, -0.1) is 11.6 Å². The maximum Gasteiger partial charge on any atom is 0.240 e. The molecule has 1 aliphatic rings. The van der Waals surface area contributed by atoms with E-state index in [0.29, 0.717) is 5.02 Å². The van der Waals surface area contributed by atoms with Gasteiger partial charge in [-0.2, -0.15) is 0 Å². The molecular formula is C10H11Cl2NO2S. The van der Waals surface area contributed by atoms with Crippen molar-refractivity contribution in [3.8, 4) is 0 Å². The molecule has 1 aromatic rings. The molecule has 0 heterocycles. The highest BCUT2D eigenvalue weighted by Crippen LogP contribution is 2.25. The fourth-order valence-corrected chi connectivity index (χ4v) is 3.24. The van der Waals surface area contributed by atoms with Crippen molar-refractivity contribution in [3.63, 3.8) is 0 Å². The number of sulfonamides is 1. The number of benzene rings is 1. The van der Waals surface area contributed by atoms with Crippen molar-refractivity contribution in [1.82, 2.24) is 4.72 Å². The summed E-state index contributed by atoms with van der Waals surface area (Å²) in [7, 11) is -3.42. The van der Waals surface area contributed by atoms with Crippen LogP contribution in [-0.4, -0.2) is 14.5 Å². The van der Waals surface area contributed by atoms with Crippen molar-refractivity contribution >= 4 is 33.2 Å². The molecule has 0 saturated heterocycles. The summed E-state index contributed by atoms with van der Waals surface area (Å²) >= 11 is 11.6. The number of halogens is 2. The quantitative estimate of drug-likeness (QED) is 0.861. The van der Waals surface area contributed by atoms with Crippen molar-refractivity contribution in [3.05, 3.63) is 28.8 Å². The summed E-state index contributed by atoms with van der Waals surface area (Å²) in [6.45, 7) is 0. The summed E-state index contributed by atoms with van der Waals surface area (Å²) in [6.07, 6.45) is 1.82. The van der Waals surface area contributed by atoms with Crippen molar-refractivity contribution in [2.24, 2.45) is 0 Å². The number of nitrogens with one attached hydrogen (secondary N) is 1. The molecule has 0 spiro atoms. The number of rotatable bonds is 4. The van der Waals surface area contributed by atoms with E-state index in [4.69, 9.17) is 23.2 Å². The van der Waals surface area contributed by atoms with Gasteiger partial charge in [-0.3, -0.25) is 0 Å². The van der Waals surface area contributed by atoms with Gasteiger partial charge in [-0.05, 0) is 30.5 Å². The smallest absolute Gasteiger partial charge is 0.208 e. The van der Waals surface area contributed by atoms with Crippen LogP contribution in [-0.2, 0) is 15.9 Å². The lowest BCUT2D eigenvalue weighted by molar-refractivity contribution is 0.581. The van der Waals surface area contributed by atoms with E-state index < -0.39 is 10.0 Å². The predicted molar refractivity (Wildman–Crippen MR) is 64.4 cm³/mol. The van der Waals surface area contributed by atoms with Gasteiger partial charge in [-0.1, -0.05) is 17.7 Å². The van der Waals surface area contributed by atoms with Gasteiger partial charge in [0, 0.05) is 16.9 Å². The first-order valence-electron chi connectivity index (χ1n) is 4.89. The zero-order valence-electron chi connectivity index (χ0n) is 8.41. The molecule has 0 aromatic heterocycles. The molecule has 0 radical (unpaired) electrons. The van der Waals surface area contributed by atoms with Gasteiger partial charge in [0.25, 0.3) is 0 Å². The van der Waals surface area contributed by atoms with Crippen LogP contribution in [0.15, 0.2) is 23.1 Å². The number of alkyl halides is 1. The second-order valence-corrected chi connectivity index (χ2v) is 6.17. The average molecular weight is 280 g/mol. The van der Waals surface area contributed by atoms with Crippen LogP contribution in [0.4, 0.5) is 0 Å². The third-order valence-corrected chi connectivity index (χ3v) is 4.54. The molecular weight excluding hydrogens is 269 g/mol. The van der Waals surface area contributed by atoms with Crippen LogP contribution in [0.5, 0.6) is 0 Å². The molecule has 1 saturated carbocycles. The van der Waals surface area contributed by atoms with Gasteiger partial charge < -0.3 is 0 Å². The van der Waals surface area contributed by atoms with E-state index in [1.807, 2.05) is 0 Å². The molecule has 0 aliphatic heterocycles. The molecule has 1 aromatic carbocycles. The highest BCUT2D eigenvalue weighted by molar-refractivity contribution is 7.89. The first-order chi connectivity index (χ1) is 7.53. The second kappa shape index (κ2) is 4.53. The normalized spacial score (nSPS) is 16.4. The Hall–Kier alpha value is -0.290. The third kappa shape index (κ3) is 2.69. The van der Waals surface area contributed by atoms with E-state index in [1.54, 1.807) is 6.07 Å². The van der Waals surface area contributed by atoms with E-state index in [1.165, 1.54) is 12.1 Å². The van der Waals surface area contributed by atoms with E-state index in [2.05, 4.69) is 4.72 Å². The van der Waals surface area contributed by atoms with Gasteiger partial charge in [-0.25, -0.2) is 13.1 Å². The molecule has 1 fully saturated rings. The molecule has 0 unspecified atom stereocenters. The van der Waals surface area contributed by atoms with Crippen LogP contribution in [0.1, 0.15) is 18.4 Å². The molecule has 0 atom stereocenters. The van der Waals surface area contributed by atoms with Crippen LogP contribution in [0.25, 0.3) is 0 Å².